The standard InChI is InChI=1S/C35H60N10O10S2/c1-20(2)14-21(15-27(47)45-55)33(52)42-23(11-13-56-3)34(53)40-17-29(49)38-16-28(48)39-18-30(50)41-22(32(36)51)8-6-7-12-37-26(46)10-5-4-9-25-31-24(19-57-25)43-35(54)44-31/h20-25,31,55H,4-19H2,1-3H3,(H2,36,51)(H,37,46)(H,38,49)(H,39,48)(H,40,53)(H,41,50)(H,42,52)(H,45,47)(H2,43,44,54)/t21?,22-,23-,24-,25-,31-/m0/s1. The minimum absolute atomic E-state index is 0.0526. The van der Waals surface area contributed by atoms with Crippen molar-refractivity contribution in [3.63, 3.8) is 0 Å². The predicted octanol–water partition coefficient (Wildman–Crippen LogP) is -1.89. The van der Waals surface area contributed by atoms with E-state index in [0.717, 1.165) is 25.0 Å². The first-order chi connectivity index (χ1) is 27.1. The van der Waals surface area contributed by atoms with E-state index >= 15 is 0 Å². The number of fused-ring (bicyclic) bond motifs is 1. The van der Waals surface area contributed by atoms with Crippen molar-refractivity contribution in [3.8, 4) is 0 Å². The largest absolute Gasteiger partial charge is 0.368 e. The fourth-order valence-electron chi connectivity index (χ4n) is 6.28. The van der Waals surface area contributed by atoms with Crippen LogP contribution < -0.4 is 53.7 Å². The number of thioether (sulfide) groups is 2. The number of carbonyl (C=O) groups is 9. The van der Waals surface area contributed by atoms with Gasteiger partial charge in [-0.1, -0.05) is 20.3 Å². The molecule has 0 spiro atoms. The number of urea groups is 1. The van der Waals surface area contributed by atoms with E-state index in [0.29, 0.717) is 43.2 Å². The zero-order valence-electron chi connectivity index (χ0n) is 32.9. The maximum absolute atomic E-state index is 12.9. The molecule has 2 fully saturated rings. The normalized spacial score (nSPS) is 18.5. The van der Waals surface area contributed by atoms with Gasteiger partial charge in [0, 0.05) is 36.3 Å². The van der Waals surface area contributed by atoms with Crippen molar-refractivity contribution in [2.24, 2.45) is 17.6 Å². The van der Waals surface area contributed by atoms with Crippen molar-refractivity contribution in [1.82, 2.24) is 48.0 Å². The fourth-order valence-corrected chi connectivity index (χ4v) is 8.30. The van der Waals surface area contributed by atoms with Gasteiger partial charge < -0.3 is 48.3 Å². The van der Waals surface area contributed by atoms with Gasteiger partial charge in [-0.25, -0.2) is 10.3 Å². The lowest BCUT2D eigenvalue weighted by Crippen LogP contribution is -2.51. The van der Waals surface area contributed by atoms with E-state index in [1.54, 1.807) is 0 Å². The van der Waals surface area contributed by atoms with Crippen molar-refractivity contribution in [3.05, 3.63) is 0 Å². The molecule has 57 heavy (non-hydrogen) atoms. The number of nitrogens with two attached hydrogens (primary N) is 1. The van der Waals surface area contributed by atoms with Gasteiger partial charge in [-0.15, -0.1) is 0 Å². The minimum Gasteiger partial charge on any atom is -0.368 e. The maximum atomic E-state index is 12.9. The Hall–Kier alpha value is -4.31. The monoisotopic (exact) mass is 844 g/mol. The molecule has 20 nitrogen and oxygen atoms in total. The lowest BCUT2D eigenvalue weighted by molar-refractivity contribution is -0.136. The van der Waals surface area contributed by atoms with Gasteiger partial charge in [-0.05, 0) is 62.9 Å². The molecule has 22 heteroatoms. The first kappa shape index (κ1) is 48.8. The average molecular weight is 845 g/mol. The number of hydrogen-bond donors (Lipinski definition) is 11. The number of rotatable bonds is 28. The molecule has 2 aliphatic heterocycles. The Morgan fingerprint density at radius 3 is 2.14 bits per heavy atom. The first-order valence-electron chi connectivity index (χ1n) is 19.2. The molecule has 1 unspecified atom stereocenters. The molecule has 0 radical (unpaired) electrons. The van der Waals surface area contributed by atoms with Crippen molar-refractivity contribution in [2.45, 2.75) is 107 Å². The lowest BCUT2D eigenvalue weighted by Gasteiger charge is -2.23. The summed E-state index contributed by atoms with van der Waals surface area (Å²) in [5, 5.41) is 30.1. The average Bonchev–Trinajstić information content (AvgIpc) is 3.72. The number of unbranched alkanes of at least 4 members (excludes halogenated alkanes) is 2. The zero-order chi connectivity index (χ0) is 42.3. The summed E-state index contributed by atoms with van der Waals surface area (Å²) in [6, 6.07) is -1.80. The number of hydrogen-bond acceptors (Lipinski definition) is 12. The summed E-state index contributed by atoms with van der Waals surface area (Å²) < 4.78 is 0. The summed E-state index contributed by atoms with van der Waals surface area (Å²) in [5.74, 6) is -4.19. The molecule has 0 bridgehead atoms. The van der Waals surface area contributed by atoms with E-state index in [9.17, 15) is 43.2 Å². The first-order valence-corrected chi connectivity index (χ1v) is 21.6. The van der Waals surface area contributed by atoms with Gasteiger partial charge in [0.15, 0.2) is 0 Å². The molecule has 0 saturated carbocycles. The van der Waals surface area contributed by atoms with E-state index in [1.165, 1.54) is 17.2 Å². The van der Waals surface area contributed by atoms with Gasteiger partial charge >= 0.3 is 6.03 Å². The summed E-state index contributed by atoms with van der Waals surface area (Å²) >= 11 is 3.28. The number of carbonyl (C=O) groups excluding carboxylic acids is 9. The molecule has 0 aliphatic carbocycles. The van der Waals surface area contributed by atoms with E-state index in [2.05, 4.69) is 42.5 Å². The Morgan fingerprint density at radius 2 is 1.49 bits per heavy atom. The van der Waals surface area contributed by atoms with Crippen LogP contribution >= 0.6 is 23.5 Å². The van der Waals surface area contributed by atoms with Gasteiger partial charge in [-0.3, -0.25) is 43.6 Å². The summed E-state index contributed by atoms with van der Waals surface area (Å²) in [5.41, 5.74) is 6.95. The molecule has 2 heterocycles. The van der Waals surface area contributed by atoms with Crippen molar-refractivity contribution < 1.29 is 48.4 Å². The van der Waals surface area contributed by atoms with Crippen LogP contribution in [-0.4, -0.2) is 132 Å². The molecule has 322 valence electrons. The van der Waals surface area contributed by atoms with Crippen LogP contribution in [0.15, 0.2) is 0 Å². The third kappa shape index (κ3) is 19.6. The van der Waals surface area contributed by atoms with Gasteiger partial charge in [0.25, 0.3) is 0 Å². The summed E-state index contributed by atoms with van der Waals surface area (Å²) in [6.07, 6.45) is 6.30. The number of amides is 10. The highest BCUT2D eigenvalue weighted by Crippen LogP contribution is 2.33. The lowest BCUT2D eigenvalue weighted by atomic mass is 9.92. The van der Waals surface area contributed by atoms with E-state index in [4.69, 9.17) is 10.9 Å². The van der Waals surface area contributed by atoms with Gasteiger partial charge in [-0.2, -0.15) is 23.5 Å². The molecule has 2 aliphatic rings. The third-order valence-electron chi connectivity index (χ3n) is 9.24. The van der Waals surface area contributed by atoms with Gasteiger partial charge in [0.1, 0.15) is 12.1 Å². The second-order valence-corrected chi connectivity index (χ2v) is 16.7. The fraction of sp³-hybridized carbons (Fsp3) is 0.743. The second-order valence-electron chi connectivity index (χ2n) is 14.4. The number of nitrogens with one attached hydrogen (secondary N) is 9. The molecule has 2 saturated heterocycles. The van der Waals surface area contributed by atoms with Crippen LogP contribution in [0, 0.1) is 11.8 Å². The predicted molar refractivity (Wildman–Crippen MR) is 213 cm³/mol. The summed E-state index contributed by atoms with van der Waals surface area (Å²) in [4.78, 5) is 110. The number of primary amides is 1. The highest BCUT2D eigenvalue weighted by molar-refractivity contribution is 8.00. The molecule has 0 aromatic rings. The molecular weight excluding hydrogens is 785 g/mol. The third-order valence-corrected chi connectivity index (χ3v) is 11.4. The van der Waals surface area contributed by atoms with E-state index in [-0.39, 0.29) is 49.2 Å². The van der Waals surface area contributed by atoms with Crippen molar-refractivity contribution in [2.75, 3.05) is 43.9 Å². The maximum Gasteiger partial charge on any atom is 0.315 e. The Labute approximate surface area is 341 Å². The van der Waals surface area contributed by atoms with Crippen LogP contribution in [0.4, 0.5) is 4.79 Å². The minimum atomic E-state index is -1.00. The molecule has 0 aromatic carbocycles. The zero-order valence-corrected chi connectivity index (χ0v) is 34.5. The Balaban J connectivity index is 1.62. The van der Waals surface area contributed by atoms with Crippen molar-refractivity contribution >= 4 is 76.8 Å². The smallest absolute Gasteiger partial charge is 0.315 e. The Kier molecular flexibility index (Phi) is 22.8. The van der Waals surface area contributed by atoms with E-state index in [1.807, 2.05) is 31.9 Å². The molecular formula is C35H60N10O10S2. The van der Waals surface area contributed by atoms with Crippen LogP contribution in [0.5, 0.6) is 0 Å². The van der Waals surface area contributed by atoms with E-state index < -0.39 is 79.0 Å². The quantitative estimate of drug-likeness (QED) is 0.0178. The van der Waals surface area contributed by atoms with Crippen LogP contribution in [0.25, 0.3) is 0 Å². The molecule has 0 aromatic heterocycles. The van der Waals surface area contributed by atoms with Gasteiger partial charge in [0.2, 0.25) is 47.3 Å². The Morgan fingerprint density at radius 1 is 0.807 bits per heavy atom. The summed E-state index contributed by atoms with van der Waals surface area (Å²) in [7, 11) is 0. The Bertz CT molecular complexity index is 1410. The van der Waals surface area contributed by atoms with Crippen LogP contribution in [-0.2, 0) is 38.4 Å². The molecule has 2 rings (SSSR count). The topological polar surface area (TPSA) is 308 Å². The number of hydroxylamine groups is 1. The second kappa shape index (κ2) is 26.6. The molecule has 10 amide bonds. The molecule has 12 N–H and O–H groups in total. The molecule has 6 atom stereocenters. The SMILES string of the molecule is CSCC[C@H](NC(=O)C(CC(=O)NO)CC(C)C)C(=O)NCC(=O)NCC(=O)NCC(=O)N[C@@H](CCCCNC(=O)CCCC[C@@H]1SC[C@@H]2NC(=O)N[C@@H]21)C(N)=O. The van der Waals surface area contributed by atoms with Crippen LogP contribution in [0.3, 0.4) is 0 Å². The summed E-state index contributed by atoms with van der Waals surface area (Å²) in [6.45, 7) is 2.61. The van der Waals surface area contributed by atoms with Crippen LogP contribution in [0.1, 0.15) is 78.1 Å². The van der Waals surface area contributed by atoms with Crippen LogP contribution in [0.2, 0.25) is 0 Å². The van der Waals surface area contributed by atoms with Crippen molar-refractivity contribution in [1.29, 1.82) is 0 Å². The highest BCUT2D eigenvalue weighted by Gasteiger charge is 2.42. The highest BCUT2D eigenvalue weighted by atomic mass is 32.2. The van der Waals surface area contributed by atoms with Gasteiger partial charge in [0.05, 0.1) is 31.7 Å².